The third-order valence-electron chi connectivity index (χ3n) is 5.73. The van der Waals surface area contributed by atoms with Crippen LogP contribution in [0.4, 0.5) is 0 Å². The topological polar surface area (TPSA) is 77.5 Å². The summed E-state index contributed by atoms with van der Waals surface area (Å²) in [6, 6.07) is 5.30. The summed E-state index contributed by atoms with van der Waals surface area (Å²) in [4.78, 5) is 28.7. The van der Waals surface area contributed by atoms with Crippen LogP contribution in [-0.2, 0) is 14.3 Å². The van der Waals surface area contributed by atoms with Gasteiger partial charge in [0.2, 0.25) is 0 Å². The second kappa shape index (κ2) is 9.84. The second-order valence-electron chi connectivity index (χ2n) is 7.91. The Morgan fingerprint density at radius 3 is 2.70 bits per heavy atom. The number of hydrogen-bond acceptors (Lipinski definition) is 5. The van der Waals surface area contributed by atoms with E-state index in [1.54, 1.807) is 6.07 Å². The van der Waals surface area contributed by atoms with Crippen LogP contribution in [0.3, 0.4) is 0 Å². The highest BCUT2D eigenvalue weighted by Gasteiger charge is 2.28. The van der Waals surface area contributed by atoms with Gasteiger partial charge in [-0.3, -0.25) is 4.79 Å². The molecule has 1 saturated carbocycles. The molecular formula is C22H26Cl2N2O4. The first-order valence-electron chi connectivity index (χ1n) is 10.1. The van der Waals surface area contributed by atoms with E-state index in [2.05, 4.69) is 24.1 Å². The van der Waals surface area contributed by atoms with Crippen LogP contribution >= 0.6 is 23.2 Å². The van der Waals surface area contributed by atoms with Crippen LogP contribution in [0.1, 0.15) is 38.8 Å². The normalized spacial score (nSPS) is 21.3. The molecule has 162 valence electrons. The predicted octanol–water partition coefficient (Wildman–Crippen LogP) is 4.71. The van der Waals surface area contributed by atoms with Crippen LogP contribution < -0.4 is 10.1 Å². The molecule has 0 bridgehead atoms. The molecule has 1 amide bonds. The smallest absolute Gasteiger partial charge is 0.344 e. The zero-order chi connectivity index (χ0) is 21.8. The molecule has 3 atom stereocenters. The van der Waals surface area contributed by atoms with E-state index in [1.165, 1.54) is 6.42 Å². The van der Waals surface area contributed by atoms with Crippen LogP contribution in [0.5, 0.6) is 5.75 Å². The minimum Gasteiger partial charge on any atom is -0.478 e. The van der Waals surface area contributed by atoms with E-state index in [0.717, 1.165) is 18.5 Å². The molecule has 0 aliphatic heterocycles. The fraction of sp³-hybridized carbons (Fsp3) is 0.500. The van der Waals surface area contributed by atoms with Crippen molar-refractivity contribution in [3.8, 4) is 5.75 Å². The van der Waals surface area contributed by atoms with Crippen molar-refractivity contribution in [2.75, 3.05) is 13.2 Å². The number of aryl methyl sites for hydroxylation is 1. The molecule has 0 saturated heterocycles. The number of nitrogens with one attached hydrogen (secondary N) is 1. The number of nitrogens with zero attached hydrogens (tertiary/aromatic N) is 1. The molecule has 1 aromatic heterocycles. The van der Waals surface area contributed by atoms with Gasteiger partial charge in [-0.05, 0) is 43.4 Å². The van der Waals surface area contributed by atoms with Gasteiger partial charge in [0.15, 0.2) is 19.0 Å². The van der Waals surface area contributed by atoms with E-state index < -0.39 is 12.6 Å². The van der Waals surface area contributed by atoms with Crippen LogP contribution in [-0.4, -0.2) is 36.1 Å². The summed E-state index contributed by atoms with van der Waals surface area (Å²) in [5, 5.41) is 4.33. The molecule has 8 heteroatoms. The van der Waals surface area contributed by atoms with Gasteiger partial charge in [0.1, 0.15) is 5.52 Å². The molecule has 0 radical (unpaired) electrons. The lowest BCUT2D eigenvalue weighted by Crippen LogP contribution is -2.45. The summed E-state index contributed by atoms with van der Waals surface area (Å²) in [6.45, 7) is 5.44. The van der Waals surface area contributed by atoms with Gasteiger partial charge in [-0.2, -0.15) is 0 Å². The molecule has 1 heterocycles. The van der Waals surface area contributed by atoms with Gasteiger partial charge in [0.25, 0.3) is 5.91 Å². The Hall–Kier alpha value is -2.05. The highest BCUT2D eigenvalue weighted by atomic mass is 35.5. The lowest BCUT2D eigenvalue weighted by Gasteiger charge is -2.34. The summed E-state index contributed by atoms with van der Waals surface area (Å²) in [6.07, 6.45) is 3.21. The molecule has 30 heavy (non-hydrogen) atoms. The fourth-order valence-corrected chi connectivity index (χ4v) is 4.35. The first-order chi connectivity index (χ1) is 14.3. The van der Waals surface area contributed by atoms with Crippen molar-refractivity contribution in [3.05, 3.63) is 33.9 Å². The van der Waals surface area contributed by atoms with Gasteiger partial charge in [0, 0.05) is 17.1 Å². The minimum atomic E-state index is -0.665. The number of aromatic nitrogens is 1. The van der Waals surface area contributed by atoms with Gasteiger partial charge >= 0.3 is 5.97 Å². The van der Waals surface area contributed by atoms with Crippen molar-refractivity contribution in [1.29, 1.82) is 0 Å². The number of esters is 1. The van der Waals surface area contributed by atoms with Crippen LogP contribution in [0.25, 0.3) is 10.9 Å². The molecule has 1 aliphatic carbocycles. The zero-order valence-electron chi connectivity index (χ0n) is 17.3. The maximum atomic E-state index is 12.2. The number of pyridine rings is 1. The largest absolute Gasteiger partial charge is 0.478 e. The van der Waals surface area contributed by atoms with Crippen molar-refractivity contribution in [2.24, 2.45) is 11.8 Å². The third-order valence-corrected chi connectivity index (χ3v) is 6.32. The number of benzene rings is 1. The van der Waals surface area contributed by atoms with Gasteiger partial charge in [-0.1, -0.05) is 49.9 Å². The summed E-state index contributed by atoms with van der Waals surface area (Å²) in [5.41, 5.74) is 1.23. The van der Waals surface area contributed by atoms with E-state index in [0.29, 0.717) is 27.8 Å². The van der Waals surface area contributed by atoms with Crippen molar-refractivity contribution in [3.63, 3.8) is 0 Å². The van der Waals surface area contributed by atoms with E-state index in [1.807, 2.05) is 19.1 Å². The van der Waals surface area contributed by atoms with Crippen LogP contribution in [0.2, 0.25) is 10.0 Å². The Morgan fingerprint density at radius 2 is 1.93 bits per heavy atom. The Bertz CT molecular complexity index is 950. The highest BCUT2D eigenvalue weighted by Crippen LogP contribution is 2.37. The first kappa shape index (κ1) is 22.6. The number of carbonyl (C=O) groups excluding carboxylic acids is 2. The van der Waals surface area contributed by atoms with Gasteiger partial charge in [0.05, 0.1) is 10.0 Å². The second-order valence-corrected chi connectivity index (χ2v) is 8.72. The monoisotopic (exact) mass is 452 g/mol. The summed E-state index contributed by atoms with van der Waals surface area (Å²) >= 11 is 12.5. The molecule has 2 aromatic rings. The Labute approximate surface area is 186 Å². The standard InChI is InChI=1S/C22H26Cl2N2O4/c1-12-5-4-6-18(14(12)3)26-19(27)10-29-20(28)11-30-22-17(24)9-16(23)15-8-7-13(2)25-21(15)22/h7-9,12,14,18H,4-6,10-11H2,1-3H3,(H,26,27)/t12-,14+,18+/m1/s1. The number of ether oxygens (including phenoxy) is 2. The minimum absolute atomic E-state index is 0.116. The Kier molecular flexibility index (Phi) is 7.42. The number of hydrogen-bond donors (Lipinski definition) is 1. The van der Waals surface area contributed by atoms with Gasteiger partial charge in [-0.15, -0.1) is 0 Å². The Balaban J connectivity index is 1.55. The molecule has 1 N–H and O–H groups in total. The van der Waals surface area contributed by atoms with E-state index >= 15 is 0 Å². The molecule has 0 spiro atoms. The van der Waals surface area contributed by atoms with E-state index in [-0.39, 0.29) is 29.3 Å². The van der Waals surface area contributed by atoms with Crippen LogP contribution in [0.15, 0.2) is 18.2 Å². The molecule has 1 aliphatic rings. The van der Waals surface area contributed by atoms with E-state index in [9.17, 15) is 9.59 Å². The number of carbonyl (C=O) groups is 2. The summed E-state index contributed by atoms with van der Waals surface area (Å²) in [5.74, 6) is 0.254. The number of amides is 1. The maximum Gasteiger partial charge on any atom is 0.344 e. The number of fused-ring (bicyclic) bond motifs is 1. The molecule has 3 rings (SSSR count). The average Bonchev–Trinajstić information content (AvgIpc) is 2.69. The van der Waals surface area contributed by atoms with Gasteiger partial charge in [-0.25, -0.2) is 9.78 Å². The highest BCUT2D eigenvalue weighted by molar-refractivity contribution is 6.39. The quantitative estimate of drug-likeness (QED) is 0.641. The SMILES string of the molecule is Cc1ccc2c(Cl)cc(Cl)c(OCC(=O)OCC(=O)N[C@H]3CCC[C@@H](C)[C@@H]3C)c2n1. The Morgan fingerprint density at radius 1 is 1.17 bits per heavy atom. The van der Waals surface area contributed by atoms with Crippen molar-refractivity contribution in [2.45, 2.75) is 46.1 Å². The molecule has 0 unspecified atom stereocenters. The molecule has 1 fully saturated rings. The predicted molar refractivity (Wildman–Crippen MR) is 117 cm³/mol. The van der Waals surface area contributed by atoms with Crippen molar-refractivity contribution < 1.29 is 19.1 Å². The molecule has 6 nitrogen and oxygen atoms in total. The zero-order valence-corrected chi connectivity index (χ0v) is 18.8. The van der Waals surface area contributed by atoms with Gasteiger partial charge < -0.3 is 14.8 Å². The van der Waals surface area contributed by atoms with E-state index in [4.69, 9.17) is 32.7 Å². The number of halogens is 2. The number of rotatable bonds is 6. The average molecular weight is 453 g/mol. The molecular weight excluding hydrogens is 427 g/mol. The maximum absolute atomic E-state index is 12.2. The lowest BCUT2D eigenvalue weighted by atomic mass is 9.78. The molecule has 1 aromatic carbocycles. The third kappa shape index (κ3) is 5.35. The van der Waals surface area contributed by atoms with Crippen molar-refractivity contribution >= 4 is 46.0 Å². The van der Waals surface area contributed by atoms with Crippen LogP contribution in [0, 0.1) is 18.8 Å². The first-order valence-corrected chi connectivity index (χ1v) is 10.8. The fourth-order valence-electron chi connectivity index (χ4n) is 3.78. The van der Waals surface area contributed by atoms with Crippen molar-refractivity contribution in [1.82, 2.24) is 10.3 Å². The lowest BCUT2D eigenvalue weighted by molar-refractivity contribution is -0.150. The summed E-state index contributed by atoms with van der Waals surface area (Å²) < 4.78 is 10.6. The summed E-state index contributed by atoms with van der Waals surface area (Å²) in [7, 11) is 0.